The SMILES string of the molecule is C=CCOCCOCCOCCOCCOCCOS(=O)(=O)c1ccccc1. The molecule has 0 saturated carbocycles. The van der Waals surface area contributed by atoms with Crippen molar-refractivity contribution in [1.82, 2.24) is 0 Å². The largest absolute Gasteiger partial charge is 0.377 e. The van der Waals surface area contributed by atoms with Gasteiger partial charge in [0.25, 0.3) is 10.1 Å². The van der Waals surface area contributed by atoms with Crippen LogP contribution in [0.25, 0.3) is 0 Å². The highest BCUT2D eigenvalue weighted by atomic mass is 32.2. The highest BCUT2D eigenvalue weighted by molar-refractivity contribution is 7.86. The first-order chi connectivity index (χ1) is 13.7. The fourth-order valence-corrected chi connectivity index (χ4v) is 2.82. The standard InChI is InChI=1S/C19H30O8S/c1-2-8-22-9-10-23-11-12-24-13-14-25-15-16-26-17-18-27-28(20,21)19-6-4-3-5-7-19/h2-7H,1,8-18H2. The Balaban J connectivity index is 1.83. The first-order valence-corrected chi connectivity index (χ1v) is 10.5. The minimum absolute atomic E-state index is 0.0427. The second-order valence-electron chi connectivity index (χ2n) is 5.40. The summed E-state index contributed by atoms with van der Waals surface area (Å²) in [7, 11) is -3.73. The Hall–Kier alpha value is -1.33. The van der Waals surface area contributed by atoms with E-state index in [1.165, 1.54) is 12.1 Å². The van der Waals surface area contributed by atoms with Crippen molar-refractivity contribution in [3.05, 3.63) is 43.0 Å². The molecule has 1 aromatic carbocycles. The van der Waals surface area contributed by atoms with Gasteiger partial charge in [0.2, 0.25) is 0 Å². The van der Waals surface area contributed by atoms with Crippen LogP contribution in [0, 0.1) is 0 Å². The molecule has 0 amide bonds. The van der Waals surface area contributed by atoms with Crippen LogP contribution in [0.4, 0.5) is 0 Å². The lowest BCUT2D eigenvalue weighted by Gasteiger charge is -2.08. The Morgan fingerprint density at radius 3 is 1.57 bits per heavy atom. The molecule has 28 heavy (non-hydrogen) atoms. The monoisotopic (exact) mass is 418 g/mol. The van der Waals surface area contributed by atoms with Gasteiger partial charge < -0.3 is 23.7 Å². The third-order valence-corrected chi connectivity index (χ3v) is 4.55. The summed E-state index contributed by atoms with van der Waals surface area (Å²) in [6.07, 6.45) is 1.69. The van der Waals surface area contributed by atoms with Gasteiger partial charge in [-0.2, -0.15) is 8.42 Å². The Morgan fingerprint density at radius 1 is 0.679 bits per heavy atom. The molecule has 0 aromatic heterocycles. The molecule has 0 fully saturated rings. The van der Waals surface area contributed by atoms with E-state index in [-0.39, 0.29) is 18.1 Å². The number of ether oxygens (including phenoxy) is 5. The summed E-state index contributed by atoms with van der Waals surface area (Å²) in [5.41, 5.74) is 0. The summed E-state index contributed by atoms with van der Waals surface area (Å²) in [6, 6.07) is 7.99. The summed E-state index contributed by atoms with van der Waals surface area (Å²) >= 11 is 0. The van der Waals surface area contributed by atoms with Gasteiger partial charge in [-0.25, -0.2) is 0 Å². The molecule has 0 bridgehead atoms. The van der Waals surface area contributed by atoms with E-state index in [9.17, 15) is 8.42 Å². The van der Waals surface area contributed by atoms with Crippen molar-refractivity contribution >= 4 is 10.1 Å². The summed E-state index contributed by atoms with van der Waals surface area (Å²) in [4.78, 5) is 0.129. The predicted molar refractivity (Wildman–Crippen MR) is 104 cm³/mol. The highest BCUT2D eigenvalue weighted by Crippen LogP contribution is 2.10. The van der Waals surface area contributed by atoms with Crippen molar-refractivity contribution in [1.29, 1.82) is 0 Å². The van der Waals surface area contributed by atoms with Crippen LogP contribution in [-0.4, -0.2) is 81.1 Å². The Bertz CT molecular complexity index is 591. The van der Waals surface area contributed by atoms with Crippen LogP contribution in [0.15, 0.2) is 47.9 Å². The first kappa shape index (κ1) is 24.7. The van der Waals surface area contributed by atoms with Gasteiger partial charge in [0.15, 0.2) is 0 Å². The molecule has 0 unspecified atom stereocenters. The predicted octanol–water partition coefficient (Wildman–Crippen LogP) is 1.66. The van der Waals surface area contributed by atoms with E-state index in [4.69, 9.17) is 27.9 Å². The summed E-state index contributed by atoms with van der Waals surface area (Å²) < 4.78 is 55.1. The van der Waals surface area contributed by atoms with E-state index < -0.39 is 10.1 Å². The van der Waals surface area contributed by atoms with Crippen LogP contribution in [0.1, 0.15) is 0 Å². The van der Waals surface area contributed by atoms with Gasteiger partial charge in [-0.15, -0.1) is 6.58 Å². The van der Waals surface area contributed by atoms with Crippen LogP contribution in [0.2, 0.25) is 0 Å². The number of rotatable bonds is 19. The lowest BCUT2D eigenvalue weighted by atomic mass is 10.4. The van der Waals surface area contributed by atoms with Gasteiger partial charge in [0.05, 0.1) is 77.6 Å². The Kier molecular flexibility index (Phi) is 14.7. The quantitative estimate of drug-likeness (QED) is 0.190. The summed E-state index contributed by atoms with van der Waals surface area (Å²) in [5, 5.41) is 0. The van der Waals surface area contributed by atoms with Gasteiger partial charge in [-0.1, -0.05) is 24.3 Å². The molecule has 160 valence electrons. The zero-order valence-electron chi connectivity index (χ0n) is 16.1. The second kappa shape index (κ2) is 16.6. The van der Waals surface area contributed by atoms with Crippen molar-refractivity contribution in [3.8, 4) is 0 Å². The van der Waals surface area contributed by atoms with E-state index in [0.717, 1.165) is 0 Å². The van der Waals surface area contributed by atoms with Gasteiger partial charge in [0.1, 0.15) is 0 Å². The molecule has 8 nitrogen and oxygen atoms in total. The van der Waals surface area contributed by atoms with E-state index in [0.29, 0.717) is 59.5 Å². The molecular weight excluding hydrogens is 388 g/mol. The van der Waals surface area contributed by atoms with Crippen molar-refractivity contribution in [2.75, 3.05) is 72.7 Å². The van der Waals surface area contributed by atoms with Crippen LogP contribution in [0.5, 0.6) is 0 Å². The molecule has 0 atom stereocenters. The van der Waals surface area contributed by atoms with Gasteiger partial charge in [-0.3, -0.25) is 4.18 Å². The van der Waals surface area contributed by atoms with Crippen molar-refractivity contribution < 1.29 is 36.3 Å². The number of hydrogen-bond donors (Lipinski definition) is 0. The lowest BCUT2D eigenvalue weighted by Crippen LogP contribution is -2.15. The van der Waals surface area contributed by atoms with Gasteiger partial charge >= 0.3 is 0 Å². The maximum atomic E-state index is 11.9. The molecule has 0 N–H and O–H groups in total. The third-order valence-electron chi connectivity index (χ3n) is 3.22. The molecular formula is C19H30O8S. The van der Waals surface area contributed by atoms with E-state index in [2.05, 4.69) is 6.58 Å². The molecule has 0 spiro atoms. The Labute approximate surface area is 167 Å². The molecule has 9 heteroatoms. The van der Waals surface area contributed by atoms with Crippen LogP contribution < -0.4 is 0 Å². The van der Waals surface area contributed by atoms with E-state index in [1.54, 1.807) is 24.3 Å². The maximum Gasteiger partial charge on any atom is 0.297 e. The zero-order valence-corrected chi connectivity index (χ0v) is 16.9. The molecule has 1 rings (SSSR count). The Morgan fingerprint density at radius 2 is 1.11 bits per heavy atom. The fourth-order valence-electron chi connectivity index (χ4n) is 1.90. The van der Waals surface area contributed by atoms with Crippen molar-refractivity contribution in [2.24, 2.45) is 0 Å². The minimum Gasteiger partial charge on any atom is -0.377 e. The average Bonchev–Trinajstić information content (AvgIpc) is 2.71. The van der Waals surface area contributed by atoms with Crippen LogP contribution in [-0.2, 0) is 38.0 Å². The highest BCUT2D eigenvalue weighted by Gasteiger charge is 2.13. The van der Waals surface area contributed by atoms with E-state index in [1.807, 2.05) is 0 Å². The van der Waals surface area contributed by atoms with Crippen molar-refractivity contribution in [2.45, 2.75) is 4.90 Å². The molecule has 0 saturated heterocycles. The van der Waals surface area contributed by atoms with Gasteiger partial charge in [-0.05, 0) is 12.1 Å². The average molecular weight is 419 g/mol. The fraction of sp³-hybridized carbons (Fsp3) is 0.579. The summed E-state index contributed by atoms with van der Waals surface area (Å²) in [6.45, 7) is 7.94. The summed E-state index contributed by atoms with van der Waals surface area (Å²) in [5.74, 6) is 0. The number of hydrogen-bond acceptors (Lipinski definition) is 8. The first-order valence-electron chi connectivity index (χ1n) is 9.11. The maximum absolute atomic E-state index is 11.9. The minimum atomic E-state index is -3.73. The lowest BCUT2D eigenvalue weighted by molar-refractivity contribution is -0.0111. The molecule has 0 aliphatic rings. The van der Waals surface area contributed by atoms with Gasteiger partial charge in [0, 0.05) is 0 Å². The third kappa shape index (κ3) is 12.9. The smallest absolute Gasteiger partial charge is 0.297 e. The van der Waals surface area contributed by atoms with Crippen LogP contribution in [0.3, 0.4) is 0 Å². The zero-order chi connectivity index (χ0) is 20.3. The van der Waals surface area contributed by atoms with E-state index >= 15 is 0 Å². The van der Waals surface area contributed by atoms with Crippen molar-refractivity contribution in [3.63, 3.8) is 0 Å². The number of benzene rings is 1. The topological polar surface area (TPSA) is 89.5 Å². The second-order valence-corrected chi connectivity index (χ2v) is 7.02. The molecule has 0 radical (unpaired) electrons. The molecule has 0 heterocycles. The molecule has 0 aliphatic carbocycles. The molecule has 0 aliphatic heterocycles. The van der Waals surface area contributed by atoms with Crippen LogP contribution >= 0.6 is 0 Å². The molecule has 1 aromatic rings. The normalized spacial score (nSPS) is 11.6.